The summed E-state index contributed by atoms with van der Waals surface area (Å²) in [7, 11) is 1.59. The molecule has 1 aliphatic carbocycles. The van der Waals surface area contributed by atoms with E-state index < -0.39 is 0 Å². The maximum atomic E-state index is 12.5. The molecule has 134 valence electrons. The van der Waals surface area contributed by atoms with Crippen molar-refractivity contribution in [3.63, 3.8) is 0 Å². The lowest BCUT2D eigenvalue weighted by molar-refractivity contribution is -0.128. The molecule has 1 fully saturated rings. The zero-order chi connectivity index (χ0) is 17.6. The molecule has 1 heterocycles. The van der Waals surface area contributed by atoms with Gasteiger partial charge in [-0.3, -0.25) is 9.59 Å². The second-order valence-corrected chi connectivity index (χ2v) is 6.82. The molecule has 1 aromatic carbocycles. The Labute approximate surface area is 149 Å². The second-order valence-electron chi connectivity index (χ2n) is 6.82. The van der Waals surface area contributed by atoms with Gasteiger partial charge in [-0.25, -0.2) is 0 Å². The molecule has 0 radical (unpaired) electrons. The van der Waals surface area contributed by atoms with Gasteiger partial charge in [0, 0.05) is 31.3 Å². The van der Waals surface area contributed by atoms with Crippen LogP contribution in [0.1, 0.15) is 38.5 Å². The summed E-state index contributed by atoms with van der Waals surface area (Å²) in [6.45, 7) is 1.25. The molecule has 5 heteroatoms. The fraction of sp³-hybridized carbons (Fsp3) is 0.500. The quantitative estimate of drug-likeness (QED) is 0.806. The Hall–Kier alpha value is -2.30. The fourth-order valence-electron chi connectivity index (χ4n) is 3.52. The molecule has 1 saturated heterocycles. The molecule has 0 saturated carbocycles. The number of nitrogens with one attached hydrogen (secondary N) is 1. The van der Waals surface area contributed by atoms with E-state index in [0.717, 1.165) is 25.8 Å². The molecule has 1 N–H and O–H groups in total. The molecule has 1 unspecified atom stereocenters. The molecular formula is C20H26N2O3. The van der Waals surface area contributed by atoms with Gasteiger partial charge in [-0.2, -0.15) is 0 Å². The van der Waals surface area contributed by atoms with Crippen molar-refractivity contribution in [2.75, 3.05) is 25.5 Å². The average molecular weight is 342 g/mol. The van der Waals surface area contributed by atoms with Gasteiger partial charge >= 0.3 is 0 Å². The highest BCUT2D eigenvalue weighted by atomic mass is 16.5. The van der Waals surface area contributed by atoms with Crippen molar-refractivity contribution >= 4 is 17.5 Å². The van der Waals surface area contributed by atoms with Crippen LogP contribution in [0, 0.1) is 5.92 Å². The van der Waals surface area contributed by atoms with Crippen molar-refractivity contribution in [2.24, 2.45) is 5.92 Å². The molecule has 2 aliphatic rings. The number of hydrogen-bond donors (Lipinski definition) is 1. The number of likely N-dealkylation sites (tertiary alicyclic amines) is 1. The molecule has 25 heavy (non-hydrogen) atoms. The van der Waals surface area contributed by atoms with Crippen LogP contribution < -0.4 is 10.1 Å². The van der Waals surface area contributed by atoms with Crippen molar-refractivity contribution in [3.05, 3.63) is 35.9 Å². The van der Waals surface area contributed by atoms with E-state index >= 15 is 0 Å². The number of ether oxygens (including phenoxy) is 1. The van der Waals surface area contributed by atoms with Crippen molar-refractivity contribution in [3.8, 4) is 5.75 Å². The number of anilines is 1. The van der Waals surface area contributed by atoms with Gasteiger partial charge in [-0.1, -0.05) is 17.7 Å². The van der Waals surface area contributed by atoms with E-state index in [4.69, 9.17) is 4.74 Å². The lowest BCUT2D eigenvalue weighted by atomic mass is 9.97. The van der Waals surface area contributed by atoms with Crippen molar-refractivity contribution in [2.45, 2.75) is 38.5 Å². The summed E-state index contributed by atoms with van der Waals surface area (Å²) in [5, 5.41) is 2.90. The minimum atomic E-state index is -0.279. The Morgan fingerprint density at radius 3 is 3.00 bits per heavy atom. The fourth-order valence-corrected chi connectivity index (χ4v) is 3.52. The minimum Gasteiger partial charge on any atom is -0.497 e. The third-order valence-corrected chi connectivity index (χ3v) is 5.01. The van der Waals surface area contributed by atoms with E-state index in [2.05, 4.69) is 11.4 Å². The first-order valence-corrected chi connectivity index (χ1v) is 9.06. The topological polar surface area (TPSA) is 58.6 Å². The van der Waals surface area contributed by atoms with Crippen LogP contribution in [0.5, 0.6) is 5.75 Å². The Balaban J connectivity index is 1.52. The Morgan fingerprint density at radius 2 is 2.24 bits per heavy atom. The van der Waals surface area contributed by atoms with Crippen LogP contribution in [0.2, 0.25) is 0 Å². The van der Waals surface area contributed by atoms with Crippen LogP contribution in [0.4, 0.5) is 5.69 Å². The first-order chi connectivity index (χ1) is 12.2. The molecule has 1 aliphatic heterocycles. The van der Waals surface area contributed by atoms with Gasteiger partial charge in [-0.05, 0) is 44.2 Å². The van der Waals surface area contributed by atoms with Crippen LogP contribution in [0.3, 0.4) is 0 Å². The lowest BCUT2D eigenvalue weighted by Gasteiger charge is -2.19. The third kappa shape index (κ3) is 4.62. The Kier molecular flexibility index (Phi) is 5.74. The molecule has 3 rings (SSSR count). The standard InChI is InChI=1S/C20H26N2O3/c1-25-18-9-5-8-17(13-18)21-20(24)16-12-19(23)22(14-16)11-10-15-6-3-2-4-7-15/h5-6,8-9,13,16H,2-4,7,10-12,14H2,1H3,(H,21,24). The van der Waals surface area contributed by atoms with Crippen molar-refractivity contribution in [1.82, 2.24) is 4.90 Å². The highest BCUT2D eigenvalue weighted by molar-refractivity contribution is 5.97. The summed E-state index contributed by atoms with van der Waals surface area (Å²) in [6.07, 6.45) is 8.41. The van der Waals surface area contributed by atoms with Crippen LogP contribution >= 0.6 is 0 Å². The van der Waals surface area contributed by atoms with Gasteiger partial charge in [-0.15, -0.1) is 0 Å². The van der Waals surface area contributed by atoms with Gasteiger partial charge in [0.2, 0.25) is 11.8 Å². The molecular weight excluding hydrogens is 316 g/mol. The van der Waals surface area contributed by atoms with E-state index in [1.165, 1.54) is 18.4 Å². The lowest BCUT2D eigenvalue weighted by Crippen LogP contribution is -2.29. The maximum absolute atomic E-state index is 12.5. The summed E-state index contributed by atoms with van der Waals surface area (Å²) in [5.74, 6) is 0.407. The zero-order valence-corrected chi connectivity index (χ0v) is 14.8. The number of allylic oxidation sites excluding steroid dienone is 1. The van der Waals surface area contributed by atoms with Gasteiger partial charge < -0.3 is 15.0 Å². The first kappa shape index (κ1) is 17.5. The number of hydrogen-bond acceptors (Lipinski definition) is 3. The summed E-state index contributed by atoms with van der Waals surface area (Å²) in [5.41, 5.74) is 2.16. The molecule has 0 spiro atoms. The average Bonchev–Trinajstić information content (AvgIpc) is 3.02. The molecule has 0 aromatic heterocycles. The molecule has 1 atom stereocenters. The van der Waals surface area contributed by atoms with Crippen LogP contribution in [-0.4, -0.2) is 36.9 Å². The predicted octanol–water partition coefficient (Wildman–Crippen LogP) is 3.37. The number of methoxy groups -OCH3 is 1. The van der Waals surface area contributed by atoms with Gasteiger partial charge in [0.15, 0.2) is 0 Å². The SMILES string of the molecule is COc1cccc(NC(=O)C2CC(=O)N(CCC3=CCCCC3)C2)c1. The zero-order valence-electron chi connectivity index (χ0n) is 14.8. The van der Waals surface area contributed by atoms with Crippen molar-refractivity contribution < 1.29 is 14.3 Å². The Bertz CT molecular complexity index is 669. The molecule has 1 aromatic rings. The molecule has 2 amide bonds. The monoisotopic (exact) mass is 342 g/mol. The van der Waals surface area contributed by atoms with Gasteiger partial charge in [0.1, 0.15) is 5.75 Å². The number of carbonyl (C=O) groups excluding carboxylic acids is 2. The molecule has 0 bridgehead atoms. The highest BCUT2D eigenvalue weighted by Crippen LogP contribution is 2.24. The summed E-state index contributed by atoms with van der Waals surface area (Å²) >= 11 is 0. The number of rotatable bonds is 6. The van der Waals surface area contributed by atoms with Crippen molar-refractivity contribution in [1.29, 1.82) is 0 Å². The molecule has 5 nitrogen and oxygen atoms in total. The smallest absolute Gasteiger partial charge is 0.229 e. The third-order valence-electron chi connectivity index (χ3n) is 5.01. The summed E-state index contributed by atoms with van der Waals surface area (Å²) in [6, 6.07) is 7.27. The van der Waals surface area contributed by atoms with E-state index in [-0.39, 0.29) is 17.7 Å². The Morgan fingerprint density at radius 1 is 1.36 bits per heavy atom. The summed E-state index contributed by atoms with van der Waals surface area (Å²) < 4.78 is 5.17. The van der Waals surface area contributed by atoms with Crippen LogP contribution in [0.25, 0.3) is 0 Å². The second kappa shape index (κ2) is 8.19. The van der Waals surface area contributed by atoms with E-state index in [9.17, 15) is 9.59 Å². The van der Waals surface area contributed by atoms with E-state index in [0.29, 0.717) is 24.4 Å². The number of carbonyl (C=O) groups is 2. The maximum Gasteiger partial charge on any atom is 0.229 e. The highest BCUT2D eigenvalue weighted by Gasteiger charge is 2.34. The van der Waals surface area contributed by atoms with Gasteiger partial charge in [0.05, 0.1) is 13.0 Å². The number of amides is 2. The van der Waals surface area contributed by atoms with Crippen LogP contribution in [-0.2, 0) is 9.59 Å². The van der Waals surface area contributed by atoms with Crippen LogP contribution in [0.15, 0.2) is 35.9 Å². The normalized spacial score (nSPS) is 20.4. The predicted molar refractivity (Wildman–Crippen MR) is 97.5 cm³/mol. The summed E-state index contributed by atoms with van der Waals surface area (Å²) in [4.78, 5) is 26.5. The van der Waals surface area contributed by atoms with E-state index in [1.54, 1.807) is 13.2 Å². The largest absolute Gasteiger partial charge is 0.497 e. The number of nitrogens with zero attached hydrogens (tertiary/aromatic N) is 1. The number of benzene rings is 1. The van der Waals surface area contributed by atoms with Gasteiger partial charge in [0.25, 0.3) is 0 Å². The first-order valence-electron chi connectivity index (χ1n) is 9.06. The minimum absolute atomic E-state index is 0.0854. The van der Waals surface area contributed by atoms with E-state index in [1.807, 2.05) is 23.1 Å².